The van der Waals surface area contributed by atoms with Crippen LogP contribution in [0.25, 0.3) is 5.82 Å². The van der Waals surface area contributed by atoms with Crippen molar-refractivity contribution >= 4 is 21.8 Å². The Morgan fingerprint density at radius 3 is 2.89 bits per heavy atom. The third-order valence-electron chi connectivity index (χ3n) is 4.87. The van der Waals surface area contributed by atoms with Crippen molar-refractivity contribution in [3.05, 3.63) is 75.6 Å². The van der Waals surface area contributed by atoms with Gasteiger partial charge in [0.1, 0.15) is 11.6 Å². The summed E-state index contributed by atoms with van der Waals surface area (Å²) in [6.45, 7) is 4.52. The lowest BCUT2D eigenvalue weighted by Crippen LogP contribution is -2.32. The molecule has 27 heavy (non-hydrogen) atoms. The normalized spacial score (nSPS) is 15.7. The molecule has 1 amide bonds. The average molecular weight is 426 g/mol. The van der Waals surface area contributed by atoms with Gasteiger partial charge in [0.15, 0.2) is 0 Å². The predicted octanol–water partition coefficient (Wildman–Crippen LogP) is 4.51. The van der Waals surface area contributed by atoms with Crippen LogP contribution < -0.4 is 10.1 Å². The first kappa shape index (κ1) is 17.8. The number of hydrogen-bond donors (Lipinski definition) is 1. The van der Waals surface area contributed by atoms with Gasteiger partial charge in [0.2, 0.25) is 0 Å². The van der Waals surface area contributed by atoms with Crippen molar-refractivity contribution in [3.8, 4) is 11.6 Å². The maximum atomic E-state index is 13.0. The third-order valence-corrected chi connectivity index (χ3v) is 5.36. The highest BCUT2D eigenvalue weighted by molar-refractivity contribution is 9.10. The monoisotopic (exact) mass is 425 g/mol. The fourth-order valence-corrected chi connectivity index (χ4v) is 3.96. The van der Waals surface area contributed by atoms with E-state index in [2.05, 4.69) is 26.2 Å². The van der Waals surface area contributed by atoms with E-state index in [4.69, 9.17) is 4.74 Å². The Kier molecular flexibility index (Phi) is 4.74. The van der Waals surface area contributed by atoms with E-state index in [-0.39, 0.29) is 11.9 Å². The number of ether oxygens (including phenoxy) is 1. The van der Waals surface area contributed by atoms with Gasteiger partial charge < -0.3 is 14.6 Å². The number of halogens is 1. The number of amides is 1. The Labute approximate surface area is 166 Å². The van der Waals surface area contributed by atoms with Crippen molar-refractivity contribution in [1.29, 1.82) is 0 Å². The van der Waals surface area contributed by atoms with Gasteiger partial charge in [0.25, 0.3) is 5.91 Å². The number of nitrogens with zero attached hydrogens (tertiary/aromatic N) is 2. The van der Waals surface area contributed by atoms with Gasteiger partial charge >= 0.3 is 0 Å². The standard InChI is InChI=1S/C21H20BrN3O2/c1-13-11-16(14(2)25(13)20-5-3-4-9-23-20)21(26)24-18-8-10-27-19-7-6-15(22)12-17(18)19/h3-7,9,11-12,18H,8,10H2,1-2H3,(H,24,26). The first-order valence-corrected chi connectivity index (χ1v) is 9.67. The highest BCUT2D eigenvalue weighted by Crippen LogP contribution is 2.34. The first-order valence-electron chi connectivity index (χ1n) is 8.88. The number of carbonyl (C=O) groups excluding carboxylic acids is 1. The van der Waals surface area contributed by atoms with Crippen LogP contribution in [0.5, 0.6) is 5.75 Å². The maximum Gasteiger partial charge on any atom is 0.253 e. The molecule has 5 nitrogen and oxygen atoms in total. The van der Waals surface area contributed by atoms with Gasteiger partial charge in [-0.25, -0.2) is 4.98 Å². The van der Waals surface area contributed by atoms with Crippen LogP contribution in [-0.2, 0) is 0 Å². The van der Waals surface area contributed by atoms with E-state index >= 15 is 0 Å². The minimum Gasteiger partial charge on any atom is -0.493 e. The summed E-state index contributed by atoms with van der Waals surface area (Å²) in [7, 11) is 0. The Hall–Kier alpha value is -2.60. The van der Waals surface area contributed by atoms with Gasteiger partial charge in [0, 0.05) is 34.0 Å². The van der Waals surface area contributed by atoms with Crippen molar-refractivity contribution in [1.82, 2.24) is 14.9 Å². The van der Waals surface area contributed by atoms with Gasteiger partial charge in [-0.1, -0.05) is 22.0 Å². The van der Waals surface area contributed by atoms with Crippen LogP contribution in [0.3, 0.4) is 0 Å². The molecule has 0 radical (unpaired) electrons. The molecule has 0 spiro atoms. The zero-order chi connectivity index (χ0) is 19.0. The van der Waals surface area contributed by atoms with Crippen molar-refractivity contribution in [2.75, 3.05) is 6.61 Å². The summed E-state index contributed by atoms with van der Waals surface area (Å²) < 4.78 is 8.69. The summed E-state index contributed by atoms with van der Waals surface area (Å²) in [5.41, 5.74) is 3.53. The second-order valence-corrected chi connectivity index (χ2v) is 7.57. The topological polar surface area (TPSA) is 56.1 Å². The van der Waals surface area contributed by atoms with E-state index in [0.29, 0.717) is 12.2 Å². The number of benzene rings is 1. The molecule has 3 aromatic rings. The van der Waals surface area contributed by atoms with Crippen molar-refractivity contribution in [2.45, 2.75) is 26.3 Å². The fourth-order valence-electron chi connectivity index (χ4n) is 3.58. The number of hydrogen-bond acceptors (Lipinski definition) is 3. The minimum atomic E-state index is -0.0805. The van der Waals surface area contributed by atoms with Crippen LogP contribution in [0.15, 0.2) is 53.1 Å². The molecule has 1 unspecified atom stereocenters. The molecule has 1 aliphatic rings. The van der Waals surface area contributed by atoms with Gasteiger partial charge in [0.05, 0.1) is 18.2 Å². The van der Waals surface area contributed by atoms with E-state index in [0.717, 1.165) is 39.4 Å². The molecule has 1 aliphatic heterocycles. The first-order chi connectivity index (χ1) is 13.0. The summed E-state index contributed by atoms with van der Waals surface area (Å²) >= 11 is 3.50. The zero-order valence-electron chi connectivity index (χ0n) is 15.2. The van der Waals surface area contributed by atoms with E-state index < -0.39 is 0 Å². The molecule has 0 bridgehead atoms. The molecule has 138 valence electrons. The summed E-state index contributed by atoms with van der Waals surface area (Å²) in [6.07, 6.45) is 2.50. The molecule has 0 fully saturated rings. The molecule has 4 rings (SSSR count). The zero-order valence-corrected chi connectivity index (χ0v) is 16.8. The largest absolute Gasteiger partial charge is 0.493 e. The second kappa shape index (κ2) is 7.19. The number of fused-ring (bicyclic) bond motifs is 1. The lowest BCUT2D eigenvalue weighted by molar-refractivity contribution is 0.0924. The highest BCUT2D eigenvalue weighted by atomic mass is 79.9. The molecule has 3 heterocycles. The second-order valence-electron chi connectivity index (χ2n) is 6.65. The number of pyridine rings is 1. The molecule has 6 heteroatoms. The van der Waals surface area contributed by atoms with Crippen LogP contribution >= 0.6 is 15.9 Å². The number of rotatable bonds is 3. The van der Waals surface area contributed by atoms with Crippen LogP contribution in [0.2, 0.25) is 0 Å². The number of aromatic nitrogens is 2. The quantitative estimate of drug-likeness (QED) is 0.671. The Balaban J connectivity index is 1.63. The molecule has 2 aromatic heterocycles. The lowest BCUT2D eigenvalue weighted by Gasteiger charge is -2.27. The molecule has 1 aromatic carbocycles. The Morgan fingerprint density at radius 1 is 1.26 bits per heavy atom. The third kappa shape index (κ3) is 3.37. The predicted molar refractivity (Wildman–Crippen MR) is 107 cm³/mol. The van der Waals surface area contributed by atoms with E-state index in [1.165, 1.54) is 0 Å². The van der Waals surface area contributed by atoms with Crippen LogP contribution in [0.1, 0.15) is 39.8 Å². The minimum absolute atomic E-state index is 0.0725. The van der Waals surface area contributed by atoms with Crippen molar-refractivity contribution < 1.29 is 9.53 Å². The van der Waals surface area contributed by atoms with Crippen LogP contribution in [0, 0.1) is 13.8 Å². The lowest BCUT2D eigenvalue weighted by atomic mass is 10.00. The van der Waals surface area contributed by atoms with Gasteiger partial charge in [-0.15, -0.1) is 0 Å². The molecular formula is C21H20BrN3O2. The SMILES string of the molecule is Cc1cc(C(=O)NC2CCOc3ccc(Br)cc32)c(C)n1-c1ccccn1. The molecule has 1 N–H and O–H groups in total. The summed E-state index contributed by atoms with van der Waals surface area (Å²) in [6, 6.07) is 13.5. The summed E-state index contributed by atoms with van der Waals surface area (Å²) in [5.74, 6) is 1.56. The molecule has 1 atom stereocenters. The highest BCUT2D eigenvalue weighted by Gasteiger charge is 2.25. The average Bonchev–Trinajstić information content (AvgIpc) is 2.97. The maximum absolute atomic E-state index is 13.0. The molecule has 0 saturated heterocycles. The number of carbonyl (C=O) groups is 1. The molecule has 0 saturated carbocycles. The van der Waals surface area contributed by atoms with E-state index in [1.54, 1.807) is 6.20 Å². The number of aryl methyl sites for hydroxylation is 1. The van der Waals surface area contributed by atoms with Gasteiger partial charge in [-0.05, 0) is 50.2 Å². The van der Waals surface area contributed by atoms with Gasteiger partial charge in [-0.3, -0.25) is 4.79 Å². The van der Waals surface area contributed by atoms with E-state index in [1.807, 2.05) is 60.9 Å². The van der Waals surface area contributed by atoms with E-state index in [9.17, 15) is 4.79 Å². The van der Waals surface area contributed by atoms with Gasteiger partial charge in [-0.2, -0.15) is 0 Å². The van der Waals surface area contributed by atoms with Crippen molar-refractivity contribution in [2.24, 2.45) is 0 Å². The van der Waals surface area contributed by atoms with Crippen LogP contribution in [-0.4, -0.2) is 22.1 Å². The molecule has 0 aliphatic carbocycles. The summed E-state index contributed by atoms with van der Waals surface area (Å²) in [4.78, 5) is 17.4. The van der Waals surface area contributed by atoms with Crippen LogP contribution in [0.4, 0.5) is 0 Å². The number of nitrogens with one attached hydrogen (secondary N) is 1. The summed E-state index contributed by atoms with van der Waals surface area (Å²) in [5, 5.41) is 3.18. The fraction of sp³-hybridized carbons (Fsp3) is 0.238. The Morgan fingerprint density at radius 2 is 2.11 bits per heavy atom. The Bertz CT molecular complexity index is 998. The molecular weight excluding hydrogens is 406 g/mol. The smallest absolute Gasteiger partial charge is 0.253 e. The van der Waals surface area contributed by atoms with Crippen molar-refractivity contribution in [3.63, 3.8) is 0 Å².